The fraction of sp³-hybridized carbons (Fsp3) is 0.360. The molecule has 1 aliphatic carbocycles. The Labute approximate surface area is 191 Å². The number of nitrogens with zero attached hydrogens (tertiary/aromatic N) is 3. The normalized spacial score (nSPS) is 18.5. The first-order valence-electron chi connectivity index (χ1n) is 11.4. The maximum absolute atomic E-state index is 13.2. The van der Waals surface area contributed by atoms with Gasteiger partial charge < -0.3 is 19.2 Å². The fourth-order valence-electron chi connectivity index (χ4n) is 4.71. The minimum absolute atomic E-state index is 0.104. The molecule has 1 aromatic carbocycles. The van der Waals surface area contributed by atoms with E-state index in [0.29, 0.717) is 69.0 Å². The third kappa shape index (κ3) is 4.33. The Bertz CT molecular complexity index is 1190. The number of aromatic nitrogens is 2. The van der Waals surface area contributed by atoms with Crippen LogP contribution in [0.5, 0.6) is 0 Å². The van der Waals surface area contributed by atoms with E-state index in [2.05, 4.69) is 4.98 Å². The molecule has 2 aromatic heterocycles. The Hall–Kier alpha value is -3.68. The van der Waals surface area contributed by atoms with Gasteiger partial charge in [0.25, 0.3) is 11.5 Å². The molecule has 1 unspecified atom stereocenters. The number of rotatable bonds is 3. The van der Waals surface area contributed by atoms with Crippen LogP contribution in [-0.4, -0.2) is 57.8 Å². The van der Waals surface area contributed by atoms with Crippen molar-refractivity contribution in [1.29, 1.82) is 0 Å². The van der Waals surface area contributed by atoms with Crippen molar-refractivity contribution in [3.05, 3.63) is 76.1 Å². The van der Waals surface area contributed by atoms with E-state index in [0.717, 1.165) is 11.3 Å². The summed E-state index contributed by atoms with van der Waals surface area (Å²) in [5, 5.41) is 0. The molecule has 0 saturated carbocycles. The summed E-state index contributed by atoms with van der Waals surface area (Å²) in [5.41, 5.74) is 2.24. The lowest BCUT2D eigenvalue weighted by molar-refractivity contribution is -0.137. The van der Waals surface area contributed by atoms with E-state index >= 15 is 0 Å². The summed E-state index contributed by atoms with van der Waals surface area (Å²) in [5.74, 6) is 0.709. The number of piperazine rings is 1. The molecule has 0 bridgehead atoms. The average Bonchev–Trinajstić information content (AvgIpc) is 3.31. The number of carbonyl (C=O) groups excluding carboxylic acids is 2. The Kier molecular flexibility index (Phi) is 5.81. The third-order valence-electron chi connectivity index (χ3n) is 6.58. The quantitative estimate of drug-likeness (QED) is 0.623. The highest BCUT2D eigenvalue weighted by Crippen LogP contribution is 2.25. The zero-order valence-electron chi connectivity index (χ0n) is 18.3. The molecule has 5 rings (SSSR count). The van der Waals surface area contributed by atoms with Gasteiger partial charge in [0.1, 0.15) is 5.82 Å². The molecule has 1 saturated heterocycles. The van der Waals surface area contributed by atoms with Gasteiger partial charge in [0.2, 0.25) is 5.91 Å². The number of benzene rings is 1. The van der Waals surface area contributed by atoms with Gasteiger partial charge in [-0.25, -0.2) is 4.98 Å². The molecule has 170 valence electrons. The Morgan fingerprint density at radius 2 is 1.67 bits per heavy atom. The van der Waals surface area contributed by atoms with Crippen LogP contribution in [0.4, 0.5) is 0 Å². The molecule has 8 nitrogen and oxygen atoms in total. The number of furan rings is 1. The molecular formula is C25H26N4O4. The van der Waals surface area contributed by atoms with E-state index in [-0.39, 0.29) is 23.3 Å². The lowest BCUT2D eigenvalue weighted by Gasteiger charge is -2.36. The van der Waals surface area contributed by atoms with Crippen LogP contribution in [0.25, 0.3) is 11.4 Å². The Morgan fingerprint density at radius 3 is 2.39 bits per heavy atom. The SMILES string of the molecule is O=C(c1ccco1)N1CCN(C(=O)C2CCc3nc(-c4ccccc4)[nH]c(=O)c3CC2)CC1. The molecule has 1 aliphatic heterocycles. The minimum Gasteiger partial charge on any atom is -0.459 e. The van der Waals surface area contributed by atoms with E-state index in [9.17, 15) is 14.4 Å². The Morgan fingerprint density at radius 1 is 0.939 bits per heavy atom. The highest BCUT2D eigenvalue weighted by atomic mass is 16.3. The topological polar surface area (TPSA) is 99.5 Å². The van der Waals surface area contributed by atoms with Crippen LogP contribution in [0.3, 0.4) is 0 Å². The second-order valence-corrected chi connectivity index (χ2v) is 8.57. The predicted molar refractivity (Wildman–Crippen MR) is 122 cm³/mol. The van der Waals surface area contributed by atoms with Crippen LogP contribution in [0.1, 0.15) is 34.7 Å². The van der Waals surface area contributed by atoms with E-state index in [4.69, 9.17) is 9.40 Å². The van der Waals surface area contributed by atoms with E-state index in [1.807, 2.05) is 35.2 Å². The van der Waals surface area contributed by atoms with Crippen LogP contribution >= 0.6 is 0 Å². The summed E-state index contributed by atoms with van der Waals surface area (Å²) in [6.45, 7) is 1.98. The van der Waals surface area contributed by atoms with Crippen molar-refractivity contribution in [2.75, 3.05) is 26.2 Å². The van der Waals surface area contributed by atoms with Crippen LogP contribution < -0.4 is 5.56 Å². The highest BCUT2D eigenvalue weighted by Gasteiger charge is 2.31. The van der Waals surface area contributed by atoms with E-state index in [1.54, 1.807) is 17.0 Å². The molecule has 1 N–H and O–H groups in total. The van der Waals surface area contributed by atoms with Gasteiger partial charge in [0.05, 0.1) is 12.0 Å². The molecule has 1 atom stereocenters. The maximum atomic E-state index is 13.2. The zero-order valence-corrected chi connectivity index (χ0v) is 18.3. The van der Waals surface area contributed by atoms with Gasteiger partial charge >= 0.3 is 0 Å². The van der Waals surface area contributed by atoms with E-state index in [1.165, 1.54) is 6.26 Å². The fourth-order valence-corrected chi connectivity index (χ4v) is 4.71. The van der Waals surface area contributed by atoms with Gasteiger partial charge in [-0.15, -0.1) is 0 Å². The number of aromatic amines is 1. The molecule has 0 spiro atoms. The van der Waals surface area contributed by atoms with Gasteiger partial charge in [0.15, 0.2) is 5.76 Å². The standard InChI is InChI=1S/C25H26N4O4/c30-23-19-10-8-18(9-11-20(19)26-22(27-23)17-5-2-1-3-6-17)24(31)28-12-14-29(15-13-28)25(32)21-7-4-16-33-21/h1-7,16,18H,8-15H2,(H,26,27,30). The first-order valence-corrected chi connectivity index (χ1v) is 11.4. The molecule has 3 heterocycles. The smallest absolute Gasteiger partial charge is 0.289 e. The second-order valence-electron chi connectivity index (χ2n) is 8.57. The number of aryl methyl sites for hydroxylation is 1. The number of amides is 2. The summed E-state index contributed by atoms with van der Waals surface area (Å²) in [7, 11) is 0. The van der Waals surface area contributed by atoms with Gasteiger partial charge in [0, 0.05) is 43.2 Å². The van der Waals surface area contributed by atoms with Crippen molar-refractivity contribution in [2.24, 2.45) is 5.92 Å². The number of hydrogen-bond acceptors (Lipinski definition) is 5. The number of nitrogens with one attached hydrogen (secondary N) is 1. The summed E-state index contributed by atoms with van der Waals surface area (Å²) >= 11 is 0. The maximum Gasteiger partial charge on any atom is 0.289 e. The zero-order chi connectivity index (χ0) is 22.8. The van der Waals surface area contributed by atoms with Gasteiger partial charge in [-0.3, -0.25) is 14.4 Å². The monoisotopic (exact) mass is 446 g/mol. The van der Waals surface area contributed by atoms with Gasteiger partial charge in [-0.1, -0.05) is 30.3 Å². The van der Waals surface area contributed by atoms with E-state index < -0.39 is 0 Å². The van der Waals surface area contributed by atoms with Crippen molar-refractivity contribution < 1.29 is 14.0 Å². The summed E-state index contributed by atoms with van der Waals surface area (Å²) in [6, 6.07) is 12.9. The molecule has 33 heavy (non-hydrogen) atoms. The van der Waals surface area contributed by atoms with Crippen LogP contribution in [0.15, 0.2) is 57.9 Å². The van der Waals surface area contributed by atoms with Crippen molar-refractivity contribution in [3.8, 4) is 11.4 Å². The largest absolute Gasteiger partial charge is 0.459 e. The van der Waals surface area contributed by atoms with Gasteiger partial charge in [-0.2, -0.15) is 0 Å². The molecule has 3 aromatic rings. The van der Waals surface area contributed by atoms with Crippen molar-refractivity contribution in [1.82, 2.24) is 19.8 Å². The van der Waals surface area contributed by atoms with Crippen molar-refractivity contribution in [3.63, 3.8) is 0 Å². The molecule has 8 heteroatoms. The third-order valence-corrected chi connectivity index (χ3v) is 6.58. The predicted octanol–water partition coefficient (Wildman–Crippen LogP) is 2.51. The second kappa shape index (κ2) is 9.05. The molecule has 2 amide bonds. The molecule has 1 fully saturated rings. The van der Waals surface area contributed by atoms with Crippen LogP contribution in [0, 0.1) is 5.92 Å². The lowest BCUT2D eigenvalue weighted by Crippen LogP contribution is -2.52. The first kappa shape index (κ1) is 21.2. The van der Waals surface area contributed by atoms with Crippen molar-refractivity contribution in [2.45, 2.75) is 25.7 Å². The number of carbonyl (C=O) groups is 2. The van der Waals surface area contributed by atoms with Gasteiger partial charge in [-0.05, 0) is 37.8 Å². The summed E-state index contributed by atoms with van der Waals surface area (Å²) in [6.07, 6.45) is 3.93. The molecule has 2 aliphatic rings. The number of hydrogen-bond donors (Lipinski definition) is 1. The van der Waals surface area contributed by atoms with Crippen molar-refractivity contribution >= 4 is 11.8 Å². The number of fused-ring (bicyclic) bond motifs is 1. The highest BCUT2D eigenvalue weighted by molar-refractivity contribution is 5.91. The van der Waals surface area contributed by atoms with Crippen LogP contribution in [0.2, 0.25) is 0 Å². The van der Waals surface area contributed by atoms with Crippen LogP contribution in [-0.2, 0) is 17.6 Å². The first-order chi connectivity index (χ1) is 16.1. The minimum atomic E-state index is -0.147. The summed E-state index contributed by atoms with van der Waals surface area (Å²) < 4.78 is 5.20. The lowest BCUT2D eigenvalue weighted by atomic mass is 9.97. The molecule has 0 radical (unpaired) electrons. The number of H-pyrrole nitrogens is 1. The Balaban J connectivity index is 1.23. The summed E-state index contributed by atoms with van der Waals surface area (Å²) in [4.78, 5) is 49.7. The molecular weight excluding hydrogens is 420 g/mol. The average molecular weight is 447 g/mol.